The fourth-order valence-corrected chi connectivity index (χ4v) is 1.43. The molecule has 17 heavy (non-hydrogen) atoms. The van der Waals surface area contributed by atoms with Crippen LogP contribution in [0.15, 0.2) is 6.20 Å². The predicted molar refractivity (Wildman–Crippen MR) is 65.7 cm³/mol. The molecule has 0 aromatic carbocycles. The SMILES string of the molecule is CCCNc1ncc(F)c(N(C)CC(C)O)n1. The molecule has 0 bridgehead atoms. The van der Waals surface area contributed by atoms with Gasteiger partial charge in [-0.15, -0.1) is 0 Å². The second-order valence-electron chi connectivity index (χ2n) is 4.02. The van der Waals surface area contributed by atoms with Crippen LogP contribution in [0, 0.1) is 5.82 Å². The Balaban J connectivity index is 2.81. The van der Waals surface area contributed by atoms with Crippen molar-refractivity contribution in [3.05, 3.63) is 12.0 Å². The number of hydrogen-bond acceptors (Lipinski definition) is 5. The lowest BCUT2D eigenvalue weighted by atomic mass is 10.3. The maximum Gasteiger partial charge on any atom is 0.224 e. The van der Waals surface area contributed by atoms with E-state index < -0.39 is 11.9 Å². The van der Waals surface area contributed by atoms with Crippen LogP contribution in [0.3, 0.4) is 0 Å². The van der Waals surface area contributed by atoms with E-state index in [9.17, 15) is 9.50 Å². The Hall–Kier alpha value is -1.43. The van der Waals surface area contributed by atoms with E-state index in [0.29, 0.717) is 12.5 Å². The molecule has 1 atom stereocenters. The number of rotatable bonds is 6. The predicted octanol–water partition coefficient (Wildman–Crippen LogP) is 1.25. The summed E-state index contributed by atoms with van der Waals surface area (Å²) in [6, 6.07) is 0. The van der Waals surface area contributed by atoms with Crippen molar-refractivity contribution < 1.29 is 9.50 Å². The van der Waals surface area contributed by atoms with Crippen molar-refractivity contribution in [3.8, 4) is 0 Å². The molecule has 0 amide bonds. The summed E-state index contributed by atoms with van der Waals surface area (Å²) in [6.07, 6.45) is 1.54. The molecule has 0 aliphatic carbocycles. The Bertz CT molecular complexity index is 359. The van der Waals surface area contributed by atoms with Crippen LogP contribution >= 0.6 is 0 Å². The van der Waals surface area contributed by atoms with Gasteiger partial charge >= 0.3 is 0 Å². The number of aliphatic hydroxyl groups excluding tert-OH is 1. The Kier molecular flexibility index (Phi) is 5.09. The van der Waals surface area contributed by atoms with Gasteiger partial charge in [0.05, 0.1) is 12.3 Å². The average Bonchev–Trinajstić information content (AvgIpc) is 2.27. The molecule has 1 aromatic rings. The van der Waals surface area contributed by atoms with Gasteiger partial charge in [0.2, 0.25) is 5.95 Å². The van der Waals surface area contributed by atoms with Crippen LogP contribution in [0.25, 0.3) is 0 Å². The molecular weight excluding hydrogens is 223 g/mol. The standard InChI is InChI=1S/C11H19FN4O/c1-4-5-13-11-14-6-9(12)10(15-11)16(3)7-8(2)17/h6,8,17H,4-5,7H2,1-3H3,(H,13,14,15). The fourth-order valence-electron chi connectivity index (χ4n) is 1.43. The number of nitrogens with zero attached hydrogens (tertiary/aromatic N) is 3. The first-order valence-corrected chi connectivity index (χ1v) is 5.70. The highest BCUT2D eigenvalue weighted by Crippen LogP contribution is 2.16. The van der Waals surface area contributed by atoms with Crippen LogP contribution in [-0.4, -0.2) is 41.3 Å². The summed E-state index contributed by atoms with van der Waals surface area (Å²) in [5, 5.41) is 12.3. The molecule has 1 rings (SSSR count). The zero-order valence-corrected chi connectivity index (χ0v) is 10.4. The van der Waals surface area contributed by atoms with Gasteiger partial charge in [-0.25, -0.2) is 9.37 Å². The largest absolute Gasteiger partial charge is 0.392 e. The molecule has 6 heteroatoms. The van der Waals surface area contributed by atoms with Gasteiger partial charge in [-0.2, -0.15) is 4.98 Å². The van der Waals surface area contributed by atoms with Crippen molar-refractivity contribution in [2.75, 3.05) is 30.4 Å². The minimum atomic E-state index is -0.540. The summed E-state index contributed by atoms with van der Waals surface area (Å²) < 4.78 is 13.5. The van der Waals surface area contributed by atoms with Gasteiger partial charge in [0.25, 0.3) is 0 Å². The van der Waals surface area contributed by atoms with Crippen LogP contribution in [0.5, 0.6) is 0 Å². The lowest BCUT2D eigenvalue weighted by Gasteiger charge is -2.20. The normalized spacial score (nSPS) is 12.3. The summed E-state index contributed by atoms with van der Waals surface area (Å²) in [4.78, 5) is 9.50. The molecule has 0 saturated heterocycles. The quantitative estimate of drug-likeness (QED) is 0.786. The van der Waals surface area contributed by atoms with E-state index in [-0.39, 0.29) is 5.82 Å². The smallest absolute Gasteiger partial charge is 0.224 e. The van der Waals surface area contributed by atoms with Gasteiger partial charge in [0.15, 0.2) is 11.6 Å². The maximum atomic E-state index is 13.5. The third-order valence-electron chi connectivity index (χ3n) is 2.16. The molecule has 0 fully saturated rings. The monoisotopic (exact) mass is 242 g/mol. The highest BCUT2D eigenvalue weighted by Gasteiger charge is 2.12. The molecule has 0 aliphatic rings. The molecule has 1 aromatic heterocycles. The van der Waals surface area contributed by atoms with E-state index >= 15 is 0 Å². The number of anilines is 2. The van der Waals surface area contributed by atoms with Gasteiger partial charge in [-0.3, -0.25) is 0 Å². The topological polar surface area (TPSA) is 61.3 Å². The molecule has 1 unspecified atom stereocenters. The molecule has 5 nitrogen and oxygen atoms in total. The summed E-state index contributed by atoms with van der Waals surface area (Å²) in [6.45, 7) is 4.73. The number of aliphatic hydroxyl groups is 1. The van der Waals surface area contributed by atoms with E-state index in [0.717, 1.165) is 19.2 Å². The Morgan fingerprint density at radius 2 is 2.29 bits per heavy atom. The van der Waals surface area contributed by atoms with Crippen LogP contribution < -0.4 is 10.2 Å². The van der Waals surface area contributed by atoms with E-state index in [1.54, 1.807) is 18.9 Å². The Labute approximate surface area is 101 Å². The summed E-state index contributed by atoms with van der Waals surface area (Å²) in [5.74, 6) is 0.107. The third-order valence-corrected chi connectivity index (χ3v) is 2.16. The van der Waals surface area contributed by atoms with Crippen LogP contribution in [-0.2, 0) is 0 Å². The molecular formula is C11H19FN4O. The van der Waals surface area contributed by atoms with Crippen molar-refractivity contribution >= 4 is 11.8 Å². The number of halogens is 1. The lowest BCUT2D eigenvalue weighted by Crippen LogP contribution is -2.28. The van der Waals surface area contributed by atoms with Crippen LogP contribution in [0.1, 0.15) is 20.3 Å². The van der Waals surface area contributed by atoms with E-state index in [1.807, 2.05) is 6.92 Å². The number of aromatic nitrogens is 2. The minimum Gasteiger partial charge on any atom is -0.392 e. The molecule has 96 valence electrons. The zero-order chi connectivity index (χ0) is 12.8. The van der Waals surface area contributed by atoms with Gasteiger partial charge in [0.1, 0.15) is 0 Å². The summed E-state index contributed by atoms with van der Waals surface area (Å²) in [7, 11) is 1.68. The van der Waals surface area contributed by atoms with Crippen molar-refractivity contribution in [1.29, 1.82) is 0 Å². The fraction of sp³-hybridized carbons (Fsp3) is 0.636. The highest BCUT2D eigenvalue weighted by atomic mass is 19.1. The van der Waals surface area contributed by atoms with Crippen molar-refractivity contribution in [2.45, 2.75) is 26.4 Å². The minimum absolute atomic E-state index is 0.194. The van der Waals surface area contributed by atoms with E-state index in [2.05, 4.69) is 15.3 Å². The van der Waals surface area contributed by atoms with Crippen molar-refractivity contribution in [2.24, 2.45) is 0 Å². The van der Waals surface area contributed by atoms with E-state index in [1.165, 1.54) is 0 Å². The maximum absolute atomic E-state index is 13.5. The first kappa shape index (κ1) is 13.6. The summed E-state index contributed by atoms with van der Waals surface area (Å²) in [5.41, 5.74) is 0. The molecule has 2 N–H and O–H groups in total. The highest BCUT2D eigenvalue weighted by molar-refractivity contribution is 5.43. The number of likely N-dealkylation sites (N-methyl/N-ethyl adjacent to an activating group) is 1. The third kappa shape index (κ3) is 4.14. The average molecular weight is 242 g/mol. The molecule has 0 radical (unpaired) electrons. The van der Waals surface area contributed by atoms with Gasteiger partial charge < -0.3 is 15.3 Å². The Morgan fingerprint density at radius 3 is 2.88 bits per heavy atom. The molecule has 0 spiro atoms. The lowest BCUT2D eigenvalue weighted by molar-refractivity contribution is 0.201. The zero-order valence-electron chi connectivity index (χ0n) is 10.4. The van der Waals surface area contributed by atoms with Gasteiger partial charge in [-0.1, -0.05) is 6.92 Å². The first-order valence-electron chi connectivity index (χ1n) is 5.70. The second-order valence-corrected chi connectivity index (χ2v) is 4.02. The number of nitrogens with one attached hydrogen (secondary N) is 1. The first-order chi connectivity index (χ1) is 8.04. The van der Waals surface area contributed by atoms with Crippen LogP contribution in [0.2, 0.25) is 0 Å². The van der Waals surface area contributed by atoms with Crippen molar-refractivity contribution in [3.63, 3.8) is 0 Å². The van der Waals surface area contributed by atoms with E-state index in [4.69, 9.17) is 0 Å². The molecule has 1 heterocycles. The molecule has 0 saturated carbocycles. The molecule has 0 aliphatic heterocycles. The van der Waals surface area contributed by atoms with Crippen LogP contribution in [0.4, 0.5) is 16.2 Å². The van der Waals surface area contributed by atoms with Gasteiger partial charge in [-0.05, 0) is 13.3 Å². The number of hydrogen-bond donors (Lipinski definition) is 2. The second kappa shape index (κ2) is 6.34. The van der Waals surface area contributed by atoms with Gasteiger partial charge in [0, 0.05) is 20.1 Å². The summed E-state index contributed by atoms with van der Waals surface area (Å²) >= 11 is 0. The van der Waals surface area contributed by atoms with Crippen molar-refractivity contribution in [1.82, 2.24) is 9.97 Å². The Morgan fingerprint density at radius 1 is 1.59 bits per heavy atom.